The standard InChI is InChI=1S/C19H19N3O3/c1-13(2)24-16-11-7-6-10-15(16)19(23)20-12-17-21-18(22-25-17)14-8-4-3-5-9-14/h3-11,13H,12H2,1-2H3,(H,20,23). The van der Waals surface area contributed by atoms with Crippen molar-refractivity contribution in [1.29, 1.82) is 0 Å². The molecule has 1 aromatic heterocycles. The Morgan fingerprint density at radius 2 is 1.84 bits per heavy atom. The van der Waals surface area contributed by atoms with E-state index in [-0.39, 0.29) is 18.6 Å². The van der Waals surface area contributed by atoms with Crippen LogP contribution in [-0.4, -0.2) is 22.2 Å². The zero-order chi connectivity index (χ0) is 17.6. The van der Waals surface area contributed by atoms with Crippen molar-refractivity contribution in [3.8, 4) is 17.1 Å². The monoisotopic (exact) mass is 337 g/mol. The smallest absolute Gasteiger partial charge is 0.255 e. The van der Waals surface area contributed by atoms with Gasteiger partial charge in [0.2, 0.25) is 11.7 Å². The van der Waals surface area contributed by atoms with Gasteiger partial charge in [0.05, 0.1) is 18.2 Å². The zero-order valence-electron chi connectivity index (χ0n) is 14.1. The SMILES string of the molecule is CC(C)Oc1ccccc1C(=O)NCc1nc(-c2ccccc2)no1. The van der Waals surface area contributed by atoms with Crippen LogP contribution in [0.1, 0.15) is 30.1 Å². The maximum absolute atomic E-state index is 12.4. The van der Waals surface area contributed by atoms with Crippen molar-refractivity contribution in [3.05, 3.63) is 66.1 Å². The van der Waals surface area contributed by atoms with E-state index in [2.05, 4.69) is 15.5 Å². The summed E-state index contributed by atoms with van der Waals surface area (Å²) in [6, 6.07) is 16.6. The van der Waals surface area contributed by atoms with E-state index in [0.717, 1.165) is 5.56 Å². The van der Waals surface area contributed by atoms with E-state index in [1.807, 2.05) is 50.2 Å². The van der Waals surface area contributed by atoms with E-state index in [4.69, 9.17) is 9.26 Å². The Morgan fingerprint density at radius 1 is 1.12 bits per heavy atom. The molecule has 0 saturated heterocycles. The highest BCUT2D eigenvalue weighted by Gasteiger charge is 2.15. The first kappa shape index (κ1) is 16.7. The highest BCUT2D eigenvalue weighted by molar-refractivity contribution is 5.96. The van der Waals surface area contributed by atoms with Crippen LogP contribution < -0.4 is 10.1 Å². The predicted octanol–water partition coefficient (Wildman–Crippen LogP) is 3.45. The lowest BCUT2D eigenvalue weighted by molar-refractivity contribution is 0.0940. The maximum atomic E-state index is 12.4. The summed E-state index contributed by atoms with van der Waals surface area (Å²) < 4.78 is 10.9. The molecule has 1 heterocycles. The third kappa shape index (κ3) is 4.23. The fourth-order valence-corrected chi connectivity index (χ4v) is 2.29. The number of hydrogen-bond acceptors (Lipinski definition) is 5. The molecular weight excluding hydrogens is 318 g/mol. The number of nitrogens with zero attached hydrogens (tertiary/aromatic N) is 2. The largest absolute Gasteiger partial charge is 0.490 e. The number of hydrogen-bond donors (Lipinski definition) is 1. The lowest BCUT2D eigenvalue weighted by Crippen LogP contribution is -2.24. The molecule has 0 unspecified atom stereocenters. The van der Waals surface area contributed by atoms with E-state index in [9.17, 15) is 4.79 Å². The average molecular weight is 337 g/mol. The molecule has 1 N–H and O–H groups in total. The lowest BCUT2D eigenvalue weighted by Gasteiger charge is -2.13. The van der Waals surface area contributed by atoms with Gasteiger partial charge in [0.15, 0.2) is 0 Å². The second-order valence-corrected chi connectivity index (χ2v) is 5.72. The highest BCUT2D eigenvalue weighted by Crippen LogP contribution is 2.19. The number of nitrogens with one attached hydrogen (secondary N) is 1. The second-order valence-electron chi connectivity index (χ2n) is 5.72. The number of rotatable bonds is 6. The molecule has 3 rings (SSSR count). The molecule has 0 bridgehead atoms. The van der Waals surface area contributed by atoms with Gasteiger partial charge in [-0.15, -0.1) is 0 Å². The Labute approximate surface area is 145 Å². The molecule has 6 heteroatoms. The van der Waals surface area contributed by atoms with Gasteiger partial charge in [-0.25, -0.2) is 0 Å². The Hall–Kier alpha value is -3.15. The summed E-state index contributed by atoms with van der Waals surface area (Å²) in [6.07, 6.45) is -0.0154. The molecule has 0 aliphatic rings. The number of carbonyl (C=O) groups is 1. The lowest BCUT2D eigenvalue weighted by atomic mass is 10.2. The van der Waals surface area contributed by atoms with Crippen LogP contribution in [-0.2, 0) is 6.54 Å². The normalized spacial score (nSPS) is 10.7. The van der Waals surface area contributed by atoms with Crippen molar-refractivity contribution >= 4 is 5.91 Å². The first-order valence-electron chi connectivity index (χ1n) is 8.05. The van der Waals surface area contributed by atoms with Gasteiger partial charge >= 0.3 is 0 Å². The molecule has 0 spiro atoms. The molecule has 0 radical (unpaired) electrons. The first-order chi connectivity index (χ1) is 12.1. The predicted molar refractivity (Wildman–Crippen MR) is 93.1 cm³/mol. The van der Waals surface area contributed by atoms with Crippen molar-refractivity contribution < 1.29 is 14.1 Å². The van der Waals surface area contributed by atoms with Gasteiger partial charge in [0.25, 0.3) is 5.91 Å². The Kier molecular flexibility index (Phi) is 5.09. The second kappa shape index (κ2) is 7.61. The Balaban J connectivity index is 1.66. The summed E-state index contributed by atoms with van der Waals surface area (Å²) in [5.41, 5.74) is 1.33. The van der Waals surface area contributed by atoms with Gasteiger partial charge in [-0.1, -0.05) is 47.6 Å². The van der Waals surface area contributed by atoms with Gasteiger partial charge < -0.3 is 14.6 Å². The fraction of sp³-hybridized carbons (Fsp3) is 0.211. The van der Waals surface area contributed by atoms with Crippen LogP contribution in [0.5, 0.6) is 5.75 Å². The minimum absolute atomic E-state index is 0.0154. The van der Waals surface area contributed by atoms with Crippen LogP contribution in [0.4, 0.5) is 0 Å². The molecule has 0 atom stereocenters. The topological polar surface area (TPSA) is 77.2 Å². The molecule has 1 amide bonds. The van der Waals surface area contributed by atoms with Crippen LogP contribution in [0.25, 0.3) is 11.4 Å². The number of benzene rings is 2. The Bertz CT molecular complexity index is 844. The first-order valence-corrected chi connectivity index (χ1v) is 8.05. The molecule has 128 valence electrons. The summed E-state index contributed by atoms with van der Waals surface area (Å²) in [5.74, 6) is 1.13. The quantitative estimate of drug-likeness (QED) is 0.745. The minimum Gasteiger partial charge on any atom is -0.490 e. The maximum Gasteiger partial charge on any atom is 0.255 e. The van der Waals surface area contributed by atoms with Crippen LogP contribution >= 0.6 is 0 Å². The van der Waals surface area contributed by atoms with Gasteiger partial charge in [-0.3, -0.25) is 4.79 Å². The third-order valence-corrected chi connectivity index (χ3v) is 3.39. The molecule has 2 aromatic carbocycles. The highest BCUT2D eigenvalue weighted by atomic mass is 16.5. The van der Waals surface area contributed by atoms with Gasteiger partial charge in [0.1, 0.15) is 5.75 Å². The summed E-state index contributed by atoms with van der Waals surface area (Å²) >= 11 is 0. The van der Waals surface area contributed by atoms with Crippen LogP contribution in [0.3, 0.4) is 0 Å². The molecule has 0 fully saturated rings. The molecule has 6 nitrogen and oxygen atoms in total. The molecule has 0 saturated carbocycles. The van der Waals surface area contributed by atoms with E-state index in [0.29, 0.717) is 23.0 Å². The van der Waals surface area contributed by atoms with Crippen LogP contribution in [0.15, 0.2) is 59.1 Å². The summed E-state index contributed by atoms with van der Waals surface area (Å²) in [4.78, 5) is 16.7. The average Bonchev–Trinajstić information content (AvgIpc) is 3.09. The third-order valence-electron chi connectivity index (χ3n) is 3.39. The number of para-hydroxylation sites is 1. The molecule has 25 heavy (non-hydrogen) atoms. The summed E-state index contributed by atoms with van der Waals surface area (Å²) in [7, 11) is 0. The van der Waals surface area contributed by atoms with Crippen LogP contribution in [0, 0.1) is 0 Å². The minimum atomic E-state index is -0.254. The van der Waals surface area contributed by atoms with Crippen molar-refractivity contribution in [1.82, 2.24) is 15.5 Å². The Morgan fingerprint density at radius 3 is 2.60 bits per heavy atom. The number of carbonyl (C=O) groups excluding carboxylic acids is 1. The number of amides is 1. The summed E-state index contributed by atoms with van der Waals surface area (Å²) in [5, 5.41) is 6.71. The van der Waals surface area contributed by atoms with E-state index < -0.39 is 0 Å². The molecule has 0 aliphatic carbocycles. The zero-order valence-corrected chi connectivity index (χ0v) is 14.1. The van der Waals surface area contributed by atoms with Crippen LogP contribution in [0.2, 0.25) is 0 Å². The van der Waals surface area contributed by atoms with Crippen molar-refractivity contribution in [2.24, 2.45) is 0 Å². The van der Waals surface area contributed by atoms with Gasteiger partial charge in [-0.2, -0.15) is 4.98 Å². The van der Waals surface area contributed by atoms with E-state index in [1.165, 1.54) is 0 Å². The van der Waals surface area contributed by atoms with Crippen molar-refractivity contribution in [3.63, 3.8) is 0 Å². The van der Waals surface area contributed by atoms with Gasteiger partial charge in [0, 0.05) is 5.56 Å². The number of aromatic nitrogens is 2. The fourth-order valence-electron chi connectivity index (χ4n) is 2.29. The molecule has 3 aromatic rings. The molecular formula is C19H19N3O3. The summed E-state index contributed by atoms with van der Waals surface area (Å²) in [6.45, 7) is 3.98. The molecule has 0 aliphatic heterocycles. The van der Waals surface area contributed by atoms with Crippen molar-refractivity contribution in [2.45, 2.75) is 26.5 Å². The van der Waals surface area contributed by atoms with E-state index in [1.54, 1.807) is 18.2 Å². The van der Waals surface area contributed by atoms with Gasteiger partial charge in [-0.05, 0) is 26.0 Å². The number of ether oxygens (including phenoxy) is 1. The van der Waals surface area contributed by atoms with E-state index >= 15 is 0 Å². The van der Waals surface area contributed by atoms with Crippen molar-refractivity contribution in [2.75, 3.05) is 0 Å².